The summed E-state index contributed by atoms with van der Waals surface area (Å²) in [6, 6.07) is 8.81. The van der Waals surface area contributed by atoms with E-state index in [0.29, 0.717) is 12.2 Å². The van der Waals surface area contributed by atoms with E-state index in [4.69, 9.17) is 10.5 Å². The molecule has 3 heteroatoms. The van der Waals surface area contributed by atoms with Crippen LogP contribution >= 0.6 is 0 Å². The Balaban J connectivity index is 1.84. The Morgan fingerprint density at radius 3 is 2.50 bits per heavy atom. The first-order valence-corrected chi connectivity index (χ1v) is 7.80. The lowest BCUT2D eigenvalue weighted by Crippen LogP contribution is -2.60. The molecule has 0 aromatic heterocycles. The normalized spacial score (nSPS) is 34.8. The van der Waals surface area contributed by atoms with Crippen LogP contribution in [0.1, 0.15) is 37.8 Å². The molecule has 0 radical (unpaired) electrons. The van der Waals surface area contributed by atoms with Gasteiger partial charge in [0, 0.05) is 25.2 Å². The highest BCUT2D eigenvalue weighted by molar-refractivity contribution is 5.29. The molecular formula is C17H26N2O. The fourth-order valence-electron chi connectivity index (χ4n) is 4.10. The van der Waals surface area contributed by atoms with Crippen LogP contribution in [0.5, 0.6) is 0 Å². The molecule has 1 fully saturated rings. The van der Waals surface area contributed by atoms with Crippen molar-refractivity contribution in [3.05, 3.63) is 35.4 Å². The molecular weight excluding hydrogens is 248 g/mol. The molecule has 3 rings (SSSR count). The van der Waals surface area contributed by atoms with Crippen LogP contribution < -0.4 is 5.73 Å². The van der Waals surface area contributed by atoms with Gasteiger partial charge in [0.2, 0.25) is 0 Å². The summed E-state index contributed by atoms with van der Waals surface area (Å²) >= 11 is 0. The Labute approximate surface area is 122 Å². The molecule has 3 nitrogen and oxygen atoms in total. The van der Waals surface area contributed by atoms with E-state index in [0.717, 1.165) is 38.9 Å². The maximum atomic E-state index is 6.22. The van der Waals surface area contributed by atoms with Crippen LogP contribution in [0.25, 0.3) is 0 Å². The van der Waals surface area contributed by atoms with Crippen molar-refractivity contribution in [2.24, 2.45) is 5.73 Å². The van der Waals surface area contributed by atoms with Crippen molar-refractivity contribution in [3.8, 4) is 0 Å². The zero-order valence-electron chi connectivity index (χ0n) is 12.6. The highest BCUT2D eigenvalue weighted by atomic mass is 16.5. The Morgan fingerprint density at radius 2 is 1.85 bits per heavy atom. The predicted octanol–water partition coefficient (Wildman–Crippen LogP) is 2.33. The fraction of sp³-hybridized carbons (Fsp3) is 0.647. The lowest BCUT2D eigenvalue weighted by Gasteiger charge is -2.51. The number of rotatable bonds is 2. The van der Waals surface area contributed by atoms with E-state index in [9.17, 15) is 0 Å². The summed E-state index contributed by atoms with van der Waals surface area (Å²) in [5.41, 5.74) is 9.31. The van der Waals surface area contributed by atoms with Gasteiger partial charge in [0.1, 0.15) is 0 Å². The fourth-order valence-corrected chi connectivity index (χ4v) is 4.10. The van der Waals surface area contributed by atoms with Gasteiger partial charge >= 0.3 is 0 Å². The predicted molar refractivity (Wildman–Crippen MR) is 81.6 cm³/mol. The quantitative estimate of drug-likeness (QED) is 0.899. The van der Waals surface area contributed by atoms with E-state index >= 15 is 0 Å². The highest BCUT2D eigenvalue weighted by Crippen LogP contribution is 2.36. The minimum absolute atomic E-state index is 0.116. The van der Waals surface area contributed by atoms with Gasteiger partial charge in [0.05, 0.1) is 12.2 Å². The van der Waals surface area contributed by atoms with Gasteiger partial charge in [-0.05, 0) is 44.2 Å². The van der Waals surface area contributed by atoms with Gasteiger partial charge in [-0.25, -0.2) is 0 Å². The summed E-state index contributed by atoms with van der Waals surface area (Å²) in [5, 5.41) is 0. The van der Waals surface area contributed by atoms with Crippen LogP contribution in [-0.4, -0.2) is 35.7 Å². The maximum absolute atomic E-state index is 6.22. The summed E-state index contributed by atoms with van der Waals surface area (Å²) in [4.78, 5) is 2.62. The number of benzene rings is 1. The van der Waals surface area contributed by atoms with Gasteiger partial charge in [-0.2, -0.15) is 0 Å². The van der Waals surface area contributed by atoms with E-state index < -0.39 is 0 Å². The van der Waals surface area contributed by atoms with Gasteiger partial charge in [0.15, 0.2) is 0 Å². The first-order valence-electron chi connectivity index (χ1n) is 7.80. The second-order valence-corrected chi connectivity index (χ2v) is 6.53. The van der Waals surface area contributed by atoms with Gasteiger partial charge in [-0.15, -0.1) is 0 Å². The zero-order chi connectivity index (χ0) is 14.2. The topological polar surface area (TPSA) is 38.5 Å². The lowest BCUT2D eigenvalue weighted by molar-refractivity contribution is -0.106. The number of hydrogen-bond acceptors (Lipinski definition) is 3. The van der Waals surface area contributed by atoms with E-state index in [1.165, 1.54) is 11.1 Å². The van der Waals surface area contributed by atoms with Crippen LogP contribution in [0.3, 0.4) is 0 Å². The van der Waals surface area contributed by atoms with Crippen molar-refractivity contribution in [2.75, 3.05) is 13.1 Å². The molecule has 0 saturated carbocycles. The van der Waals surface area contributed by atoms with E-state index in [2.05, 4.69) is 43.0 Å². The number of hydrogen-bond donors (Lipinski definition) is 1. The number of nitrogens with zero attached hydrogens (tertiary/aromatic N) is 1. The SMILES string of the molecule is CC1CC(CN)(N2CCc3ccccc3C2)CC(C)O1. The smallest absolute Gasteiger partial charge is 0.0568 e. The van der Waals surface area contributed by atoms with Crippen molar-refractivity contribution in [1.82, 2.24) is 4.90 Å². The van der Waals surface area contributed by atoms with E-state index in [1.54, 1.807) is 0 Å². The molecule has 110 valence electrons. The molecule has 2 atom stereocenters. The van der Waals surface area contributed by atoms with Gasteiger partial charge < -0.3 is 10.5 Å². The lowest BCUT2D eigenvalue weighted by atomic mass is 9.80. The molecule has 0 bridgehead atoms. The third-order valence-corrected chi connectivity index (χ3v) is 4.98. The molecule has 1 aromatic carbocycles. The molecule has 1 aromatic rings. The minimum Gasteiger partial charge on any atom is -0.375 e. The summed E-state index contributed by atoms with van der Waals surface area (Å²) in [6.07, 6.45) is 3.85. The van der Waals surface area contributed by atoms with Gasteiger partial charge in [-0.3, -0.25) is 4.90 Å². The van der Waals surface area contributed by atoms with E-state index in [-0.39, 0.29) is 5.54 Å². The van der Waals surface area contributed by atoms with E-state index in [1.807, 2.05) is 0 Å². The second kappa shape index (κ2) is 5.47. The van der Waals surface area contributed by atoms with Crippen LogP contribution in [0, 0.1) is 0 Å². The number of nitrogens with two attached hydrogens (primary N) is 1. The first-order chi connectivity index (χ1) is 9.63. The summed E-state index contributed by atoms with van der Waals surface area (Å²) < 4.78 is 5.92. The summed E-state index contributed by atoms with van der Waals surface area (Å²) in [6.45, 7) is 7.24. The monoisotopic (exact) mass is 274 g/mol. The third-order valence-electron chi connectivity index (χ3n) is 4.98. The van der Waals surface area contributed by atoms with Crippen LogP contribution in [0.4, 0.5) is 0 Å². The Morgan fingerprint density at radius 1 is 1.20 bits per heavy atom. The summed E-state index contributed by atoms with van der Waals surface area (Å²) in [7, 11) is 0. The first kappa shape index (κ1) is 14.1. The number of ether oxygens (including phenoxy) is 1. The maximum Gasteiger partial charge on any atom is 0.0568 e. The van der Waals surface area contributed by atoms with Crippen molar-refractivity contribution in [1.29, 1.82) is 0 Å². The average molecular weight is 274 g/mol. The van der Waals surface area contributed by atoms with Crippen molar-refractivity contribution in [3.63, 3.8) is 0 Å². The van der Waals surface area contributed by atoms with Crippen LogP contribution in [0.15, 0.2) is 24.3 Å². The summed E-state index contributed by atoms with van der Waals surface area (Å²) in [5.74, 6) is 0. The van der Waals surface area contributed by atoms with Gasteiger partial charge in [-0.1, -0.05) is 24.3 Å². The largest absolute Gasteiger partial charge is 0.375 e. The molecule has 1 saturated heterocycles. The minimum atomic E-state index is 0.116. The highest BCUT2D eigenvalue weighted by Gasteiger charge is 2.42. The average Bonchev–Trinajstić information content (AvgIpc) is 2.45. The molecule has 2 aliphatic heterocycles. The molecule has 2 N–H and O–H groups in total. The van der Waals surface area contributed by atoms with Crippen LogP contribution in [0.2, 0.25) is 0 Å². The molecule has 2 unspecified atom stereocenters. The van der Waals surface area contributed by atoms with Crippen molar-refractivity contribution >= 4 is 0 Å². The Kier molecular flexibility index (Phi) is 3.85. The molecule has 20 heavy (non-hydrogen) atoms. The van der Waals surface area contributed by atoms with Crippen molar-refractivity contribution in [2.45, 2.75) is 57.4 Å². The van der Waals surface area contributed by atoms with Crippen LogP contribution in [-0.2, 0) is 17.7 Å². The second-order valence-electron chi connectivity index (χ2n) is 6.53. The Bertz CT molecular complexity index is 464. The molecule has 0 spiro atoms. The number of fused-ring (bicyclic) bond motifs is 1. The van der Waals surface area contributed by atoms with Crippen molar-refractivity contribution < 1.29 is 4.74 Å². The zero-order valence-corrected chi connectivity index (χ0v) is 12.6. The molecule has 0 amide bonds. The molecule has 0 aliphatic carbocycles. The molecule has 2 aliphatic rings. The standard InChI is InChI=1S/C17H26N2O/c1-13-9-17(12-18,10-14(2)20-13)19-8-7-15-5-3-4-6-16(15)11-19/h3-6,13-14H,7-12,18H2,1-2H3. The molecule has 2 heterocycles. The van der Waals surface area contributed by atoms with Gasteiger partial charge in [0.25, 0.3) is 0 Å². The third kappa shape index (κ3) is 2.50. The Hall–Kier alpha value is -0.900.